The molecule has 0 saturated carbocycles. The fraction of sp³-hybridized carbons (Fsp3) is 0.143. The Morgan fingerprint density at radius 3 is 2.81 bits per heavy atom. The van der Waals surface area contributed by atoms with Crippen molar-refractivity contribution in [1.29, 1.82) is 0 Å². The number of halogens is 2. The number of hydrogen-bond donors (Lipinski definition) is 1. The summed E-state index contributed by atoms with van der Waals surface area (Å²) in [6, 6.07) is 5.92. The molecule has 0 aliphatic carbocycles. The topological polar surface area (TPSA) is 47.0 Å². The summed E-state index contributed by atoms with van der Waals surface area (Å²) in [5.74, 6) is 0.784. The van der Waals surface area contributed by atoms with Crippen LogP contribution in [0.1, 0.15) is 4.88 Å². The van der Waals surface area contributed by atoms with E-state index in [1.807, 2.05) is 13.0 Å². The normalized spacial score (nSPS) is 10.9. The highest BCUT2D eigenvalue weighted by atomic mass is 35.5. The van der Waals surface area contributed by atoms with Crippen molar-refractivity contribution in [2.45, 2.75) is 6.92 Å². The molecular formula is C14H11ClFN3OS. The first kappa shape index (κ1) is 14.0. The molecule has 0 radical (unpaired) electrons. The zero-order valence-corrected chi connectivity index (χ0v) is 12.8. The summed E-state index contributed by atoms with van der Waals surface area (Å²) in [6.07, 6.45) is 0. The van der Waals surface area contributed by atoms with Crippen molar-refractivity contribution in [3.8, 4) is 11.6 Å². The predicted octanol–water partition coefficient (Wildman–Crippen LogP) is 4.63. The lowest BCUT2D eigenvalue weighted by atomic mass is 10.3. The molecule has 0 aliphatic rings. The summed E-state index contributed by atoms with van der Waals surface area (Å²) in [6.45, 7) is 1.99. The summed E-state index contributed by atoms with van der Waals surface area (Å²) in [7, 11) is 1.73. The van der Waals surface area contributed by atoms with E-state index in [1.54, 1.807) is 18.4 Å². The lowest BCUT2D eigenvalue weighted by Gasteiger charge is -2.09. The van der Waals surface area contributed by atoms with Gasteiger partial charge in [-0.15, -0.1) is 11.3 Å². The Hall–Kier alpha value is -1.92. The summed E-state index contributed by atoms with van der Waals surface area (Å²) >= 11 is 7.54. The van der Waals surface area contributed by atoms with Gasteiger partial charge in [0.05, 0.1) is 10.4 Å². The van der Waals surface area contributed by atoms with Gasteiger partial charge in [-0.05, 0) is 31.2 Å². The molecule has 21 heavy (non-hydrogen) atoms. The van der Waals surface area contributed by atoms with Crippen LogP contribution in [0, 0.1) is 12.7 Å². The summed E-state index contributed by atoms with van der Waals surface area (Å²) in [5.41, 5.74) is 0. The minimum absolute atomic E-state index is 0.194. The molecule has 0 bridgehead atoms. The maximum Gasteiger partial charge on any atom is 0.232 e. The van der Waals surface area contributed by atoms with Crippen molar-refractivity contribution >= 4 is 39.1 Å². The molecule has 0 spiro atoms. The van der Waals surface area contributed by atoms with Crippen molar-refractivity contribution in [2.75, 3.05) is 12.4 Å². The van der Waals surface area contributed by atoms with E-state index in [9.17, 15) is 4.39 Å². The van der Waals surface area contributed by atoms with E-state index in [1.165, 1.54) is 18.2 Å². The SMILES string of the molecule is CNc1nc(Oc2ccc(F)cc2Cl)c2cc(C)sc2n1. The van der Waals surface area contributed by atoms with Gasteiger partial charge in [0.15, 0.2) is 0 Å². The first-order valence-electron chi connectivity index (χ1n) is 6.15. The van der Waals surface area contributed by atoms with Gasteiger partial charge in [-0.3, -0.25) is 0 Å². The Morgan fingerprint density at radius 2 is 2.10 bits per heavy atom. The molecule has 0 unspecified atom stereocenters. The summed E-state index contributed by atoms with van der Waals surface area (Å²) < 4.78 is 18.8. The third-order valence-electron chi connectivity index (χ3n) is 2.81. The molecule has 2 heterocycles. The monoisotopic (exact) mass is 323 g/mol. The van der Waals surface area contributed by atoms with Crippen LogP contribution in [0.5, 0.6) is 11.6 Å². The largest absolute Gasteiger partial charge is 0.437 e. The number of ether oxygens (including phenoxy) is 1. The van der Waals surface area contributed by atoms with E-state index in [-0.39, 0.29) is 5.02 Å². The summed E-state index contributed by atoms with van der Waals surface area (Å²) in [4.78, 5) is 10.6. The van der Waals surface area contributed by atoms with Gasteiger partial charge < -0.3 is 10.1 Å². The average Bonchev–Trinajstić information content (AvgIpc) is 2.82. The lowest BCUT2D eigenvalue weighted by molar-refractivity contribution is 0.467. The molecule has 1 aromatic carbocycles. The van der Waals surface area contributed by atoms with E-state index in [0.717, 1.165) is 15.1 Å². The van der Waals surface area contributed by atoms with Crippen LogP contribution in [0.3, 0.4) is 0 Å². The van der Waals surface area contributed by atoms with E-state index in [0.29, 0.717) is 17.6 Å². The molecular weight excluding hydrogens is 313 g/mol. The van der Waals surface area contributed by atoms with Gasteiger partial charge in [0.1, 0.15) is 16.4 Å². The number of anilines is 1. The first-order chi connectivity index (χ1) is 10.1. The molecule has 0 atom stereocenters. The number of thiophene rings is 1. The van der Waals surface area contributed by atoms with E-state index >= 15 is 0 Å². The molecule has 7 heteroatoms. The molecule has 0 fully saturated rings. The standard InChI is InChI=1S/C14H11ClFN3OS/c1-7-5-9-12(18-14(17-2)19-13(9)21-7)20-11-4-3-8(16)6-10(11)15/h3-6H,1-2H3,(H,17,18,19). The molecule has 4 nitrogen and oxygen atoms in total. The van der Waals surface area contributed by atoms with E-state index in [2.05, 4.69) is 15.3 Å². The minimum Gasteiger partial charge on any atom is -0.437 e. The second-order valence-corrected chi connectivity index (χ2v) is 6.00. The number of aromatic nitrogens is 2. The Kier molecular flexibility index (Phi) is 3.65. The molecule has 0 aliphatic heterocycles. The van der Waals surface area contributed by atoms with Gasteiger partial charge in [0, 0.05) is 11.9 Å². The molecule has 3 aromatic rings. The van der Waals surface area contributed by atoms with Crippen LogP contribution in [-0.2, 0) is 0 Å². The highest BCUT2D eigenvalue weighted by molar-refractivity contribution is 7.18. The van der Waals surface area contributed by atoms with Crippen LogP contribution in [0.4, 0.5) is 10.3 Å². The predicted molar refractivity (Wildman–Crippen MR) is 83.2 cm³/mol. The van der Waals surface area contributed by atoms with Crippen molar-refractivity contribution < 1.29 is 9.13 Å². The molecule has 0 amide bonds. The van der Waals surface area contributed by atoms with Gasteiger partial charge in [-0.25, -0.2) is 9.37 Å². The number of nitrogens with zero attached hydrogens (tertiary/aromatic N) is 2. The molecule has 2 aromatic heterocycles. The summed E-state index contributed by atoms with van der Waals surface area (Å²) in [5, 5.41) is 3.89. The van der Waals surface area contributed by atoms with Gasteiger partial charge in [0.25, 0.3) is 0 Å². The van der Waals surface area contributed by atoms with Crippen LogP contribution in [0.25, 0.3) is 10.2 Å². The minimum atomic E-state index is -0.414. The van der Waals surface area contributed by atoms with Crippen molar-refractivity contribution in [3.63, 3.8) is 0 Å². The lowest BCUT2D eigenvalue weighted by Crippen LogP contribution is -1.98. The molecule has 0 saturated heterocycles. The van der Waals surface area contributed by atoms with Gasteiger partial charge in [-0.1, -0.05) is 11.6 Å². The molecule has 1 N–H and O–H groups in total. The number of rotatable bonds is 3. The van der Waals surface area contributed by atoms with Crippen LogP contribution in [-0.4, -0.2) is 17.0 Å². The van der Waals surface area contributed by atoms with Crippen LogP contribution >= 0.6 is 22.9 Å². The van der Waals surface area contributed by atoms with Crippen LogP contribution < -0.4 is 10.1 Å². The van der Waals surface area contributed by atoms with E-state index in [4.69, 9.17) is 16.3 Å². The zero-order valence-electron chi connectivity index (χ0n) is 11.3. The van der Waals surface area contributed by atoms with Gasteiger partial charge in [-0.2, -0.15) is 4.98 Å². The van der Waals surface area contributed by atoms with E-state index < -0.39 is 5.82 Å². The van der Waals surface area contributed by atoms with Gasteiger partial charge in [0.2, 0.25) is 11.8 Å². The molecule has 3 rings (SSSR count). The first-order valence-corrected chi connectivity index (χ1v) is 7.35. The highest BCUT2D eigenvalue weighted by Gasteiger charge is 2.13. The number of hydrogen-bond acceptors (Lipinski definition) is 5. The van der Waals surface area contributed by atoms with Crippen LogP contribution in [0.2, 0.25) is 5.02 Å². The average molecular weight is 324 g/mol. The fourth-order valence-corrected chi connectivity index (χ4v) is 2.94. The third-order valence-corrected chi connectivity index (χ3v) is 4.04. The second-order valence-electron chi connectivity index (χ2n) is 4.36. The number of nitrogens with one attached hydrogen (secondary N) is 1. The maximum absolute atomic E-state index is 13.1. The highest BCUT2D eigenvalue weighted by Crippen LogP contribution is 2.35. The van der Waals surface area contributed by atoms with Crippen LogP contribution in [0.15, 0.2) is 24.3 Å². The zero-order chi connectivity index (χ0) is 15.0. The van der Waals surface area contributed by atoms with Crippen molar-refractivity contribution in [1.82, 2.24) is 9.97 Å². The Morgan fingerprint density at radius 1 is 1.29 bits per heavy atom. The second kappa shape index (κ2) is 5.46. The third kappa shape index (κ3) is 2.77. The Bertz CT molecular complexity index is 821. The van der Waals surface area contributed by atoms with Crippen molar-refractivity contribution in [2.24, 2.45) is 0 Å². The van der Waals surface area contributed by atoms with Gasteiger partial charge >= 0.3 is 0 Å². The maximum atomic E-state index is 13.1. The number of aryl methyl sites for hydroxylation is 1. The Labute approximate surface area is 129 Å². The van der Waals surface area contributed by atoms with Crippen molar-refractivity contribution in [3.05, 3.63) is 40.0 Å². The fourth-order valence-electron chi connectivity index (χ4n) is 1.87. The quantitative estimate of drug-likeness (QED) is 0.763. The Balaban J connectivity index is 2.10. The molecule has 108 valence electrons. The smallest absolute Gasteiger partial charge is 0.232 e. The number of benzene rings is 1. The number of fused-ring (bicyclic) bond motifs is 1.